The summed E-state index contributed by atoms with van der Waals surface area (Å²) in [6, 6.07) is 1.93. The summed E-state index contributed by atoms with van der Waals surface area (Å²) >= 11 is 2.83. The lowest BCUT2D eigenvalue weighted by atomic mass is 10.0. The number of urea groups is 1. The summed E-state index contributed by atoms with van der Waals surface area (Å²) in [6.45, 7) is 3.47. The normalized spacial score (nSPS) is 17.2. The Morgan fingerprint density at radius 1 is 1.44 bits per heavy atom. The second-order valence-electron chi connectivity index (χ2n) is 6.16. The fourth-order valence-corrected chi connectivity index (χ4v) is 4.49. The molecule has 1 fully saturated rings. The summed E-state index contributed by atoms with van der Waals surface area (Å²) in [6.07, 6.45) is 4.85. The Balaban J connectivity index is 1.40. The van der Waals surface area contributed by atoms with Crippen LogP contribution in [0.15, 0.2) is 23.8 Å². The first-order valence-corrected chi connectivity index (χ1v) is 9.68. The smallest absolute Gasteiger partial charge is 0.323 e. The summed E-state index contributed by atoms with van der Waals surface area (Å²) in [5.74, 6) is 1.03. The number of nitrogens with one attached hydrogen (secondary N) is 1. The SMILES string of the molecule is Cc1ccsc1-c1nsc(NC(=O)N2CCC(c3cnn(C)c3)C2)n1. The Morgan fingerprint density at radius 3 is 3.04 bits per heavy atom. The van der Waals surface area contributed by atoms with Gasteiger partial charge in [-0.1, -0.05) is 0 Å². The zero-order valence-corrected chi connectivity index (χ0v) is 15.6. The molecular formula is C16H18N6OS2. The predicted octanol–water partition coefficient (Wildman–Crippen LogP) is 3.33. The van der Waals surface area contributed by atoms with Gasteiger partial charge in [-0.25, -0.2) is 4.79 Å². The van der Waals surface area contributed by atoms with Gasteiger partial charge < -0.3 is 4.90 Å². The van der Waals surface area contributed by atoms with Gasteiger partial charge in [0.1, 0.15) is 0 Å². The van der Waals surface area contributed by atoms with Gasteiger partial charge in [-0.05, 0) is 35.9 Å². The zero-order chi connectivity index (χ0) is 17.4. The Kier molecular flexibility index (Phi) is 4.26. The standard InChI is InChI=1S/C16H18N6OS2/c1-10-4-6-24-13(10)14-18-15(25-20-14)19-16(23)22-5-3-11(9-22)12-7-17-21(2)8-12/h4,6-8,11H,3,5,9H2,1-2H3,(H,18,19,20,23). The summed E-state index contributed by atoms with van der Waals surface area (Å²) in [5, 5.41) is 9.65. The van der Waals surface area contributed by atoms with Crippen molar-refractivity contribution in [2.45, 2.75) is 19.3 Å². The van der Waals surface area contributed by atoms with Crippen molar-refractivity contribution in [1.29, 1.82) is 0 Å². The van der Waals surface area contributed by atoms with Gasteiger partial charge in [-0.3, -0.25) is 10.00 Å². The van der Waals surface area contributed by atoms with Crippen molar-refractivity contribution in [2.75, 3.05) is 18.4 Å². The number of aromatic nitrogens is 4. The van der Waals surface area contributed by atoms with Gasteiger partial charge in [0.15, 0.2) is 5.82 Å². The van der Waals surface area contributed by atoms with Crippen LogP contribution in [0.3, 0.4) is 0 Å². The number of carbonyl (C=O) groups is 1. The molecule has 9 heteroatoms. The second-order valence-corrected chi connectivity index (χ2v) is 7.83. The molecule has 3 aromatic rings. The Bertz CT molecular complexity index is 898. The van der Waals surface area contributed by atoms with Crippen LogP contribution in [-0.4, -0.2) is 43.2 Å². The maximum absolute atomic E-state index is 12.5. The van der Waals surface area contributed by atoms with Crippen molar-refractivity contribution in [3.05, 3.63) is 35.0 Å². The average Bonchev–Trinajstić information content (AvgIpc) is 3.33. The molecule has 0 aliphatic carbocycles. The highest BCUT2D eigenvalue weighted by Gasteiger charge is 2.28. The van der Waals surface area contributed by atoms with E-state index in [2.05, 4.69) is 19.8 Å². The largest absolute Gasteiger partial charge is 0.324 e. The third-order valence-corrected chi connectivity index (χ3v) is 6.02. The molecule has 0 spiro atoms. The minimum Gasteiger partial charge on any atom is -0.324 e. The monoisotopic (exact) mass is 374 g/mol. The van der Waals surface area contributed by atoms with Gasteiger partial charge in [-0.15, -0.1) is 11.3 Å². The first-order chi connectivity index (χ1) is 12.1. The van der Waals surface area contributed by atoms with E-state index in [1.807, 2.05) is 42.7 Å². The highest BCUT2D eigenvalue weighted by atomic mass is 32.1. The number of rotatable bonds is 3. The lowest BCUT2D eigenvalue weighted by Gasteiger charge is -2.15. The van der Waals surface area contributed by atoms with Crippen LogP contribution in [0.25, 0.3) is 10.7 Å². The van der Waals surface area contributed by atoms with Crippen molar-refractivity contribution in [3.63, 3.8) is 0 Å². The molecule has 3 aromatic heterocycles. The molecule has 4 heterocycles. The molecule has 7 nitrogen and oxygen atoms in total. The lowest BCUT2D eigenvalue weighted by molar-refractivity contribution is 0.222. The number of likely N-dealkylation sites (tertiary alicyclic amines) is 1. The molecule has 1 atom stereocenters. The van der Waals surface area contributed by atoms with Crippen molar-refractivity contribution in [2.24, 2.45) is 7.05 Å². The van der Waals surface area contributed by atoms with E-state index in [1.165, 1.54) is 17.1 Å². The van der Waals surface area contributed by atoms with Crippen molar-refractivity contribution in [1.82, 2.24) is 24.0 Å². The van der Waals surface area contributed by atoms with Gasteiger partial charge in [0.05, 0.1) is 11.1 Å². The number of anilines is 1. The summed E-state index contributed by atoms with van der Waals surface area (Å²) in [5.41, 5.74) is 2.34. The maximum Gasteiger partial charge on any atom is 0.323 e. The Labute approximate surface area is 153 Å². The van der Waals surface area contributed by atoms with Crippen LogP contribution < -0.4 is 5.32 Å². The minimum absolute atomic E-state index is 0.114. The Morgan fingerprint density at radius 2 is 2.32 bits per heavy atom. The first-order valence-electron chi connectivity index (χ1n) is 8.03. The van der Waals surface area contributed by atoms with E-state index in [0.717, 1.165) is 23.4 Å². The number of hydrogen-bond acceptors (Lipinski definition) is 6. The maximum atomic E-state index is 12.5. The fraction of sp³-hybridized carbons (Fsp3) is 0.375. The molecule has 0 bridgehead atoms. The van der Waals surface area contributed by atoms with E-state index in [1.54, 1.807) is 16.0 Å². The fourth-order valence-electron chi connectivity index (χ4n) is 3.01. The van der Waals surface area contributed by atoms with Crippen LogP contribution in [-0.2, 0) is 7.05 Å². The topological polar surface area (TPSA) is 75.9 Å². The van der Waals surface area contributed by atoms with Crippen LogP contribution >= 0.6 is 22.9 Å². The highest BCUT2D eigenvalue weighted by molar-refractivity contribution is 7.14. The number of carbonyl (C=O) groups excluding carboxylic acids is 1. The number of hydrogen-bond donors (Lipinski definition) is 1. The molecule has 1 aliphatic rings. The molecular weight excluding hydrogens is 356 g/mol. The summed E-state index contributed by atoms with van der Waals surface area (Å²) in [4.78, 5) is 19.8. The second kappa shape index (κ2) is 6.57. The van der Waals surface area contributed by atoms with E-state index in [-0.39, 0.29) is 6.03 Å². The minimum atomic E-state index is -0.114. The van der Waals surface area contributed by atoms with Crippen LogP contribution in [0.2, 0.25) is 0 Å². The number of thiophene rings is 1. The molecule has 0 radical (unpaired) electrons. The molecule has 25 heavy (non-hydrogen) atoms. The molecule has 2 amide bonds. The number of amides is 2. The third-order valence-electron chi connectivity index (χ3n) is 4.38. The third kappa shape index (κ3) is 3.29. The van der Waals surface area contributed by atoms with Crippen molar-refractivity contribution >= 4 is 34.0 Å². The van der Waals surface area contributed by atoms with E-state index in [9.17, 15) is 4.79 Å². The molecule has 1 aliphatic heterocycles. The molecule has 0 saturated carbocycles. The quantitative estimate of drug-likeness (QED) is 0.763. The van der Waals surface area contributed by atoms with Gasteiger partial charge in [0.2, 0.25) is 5.13 Å². The van der Waals surface area contributed by atoms with E-state index in [4.69, 9.17) is 0 Å². The van der Waals surface area contributed by atoms with Gasteiger partial charge >= 0.3 is 6.03 Å². The van der Waals surface area contributed by atoms with Crippen molar-refractivity contribution in [3.8, 4) is 10.7 Å². The Hall–Kier alpha value is -2.26. The first kappa shape index (κ1) is 16.2. The van der Waals surface area contributed by atoms with Crippen LogP contribution in [0.1, 0.15) is 23.5 Å². The van der Waals surface area contributed by atoms with E-state index >= 15 is 0 Å². The molecule has 1 N–H and O–H groups in total. The van der Waals surface area contributed by atoms with E-state index < -0.39 is 0 Å². The van der Waals surface area contributed by atoms with Crippen LogP contribution in [0.5, 0.6) is 0 Å². The molecule has 4 rings (SSSR count). The molecule has 130 valence electrons. The van der Waals surface area contributed by atoms with Crippen LogP contribution in [0.4, 0.5) is 9.93 Å². The van der Waals surface area contributed by atoms with Gasteiger partial charge in [0.25, 0.3) is 0 Å². The zero-order valence-electron chi connectivity index (χ0n) is 14.0. The summed E-state index contributed by atoms with van der Waals surface area (Å²) < 4.78 is 6.16. The number of aryl methyl sites for hydroxylation is 2. The predicted molar refractivity (Wildman–Crippen MR) is 99.1 cm³/mol. The lowest BCUT2D eigenvalue weighted by Crippen LogP contribution is -2.32. The van der Waals surface area contributed by atoms with Crippen LogP contribution in [0, 0.1) is 6.92 Å². The van der Waals surface area contributed by atoms with Gasteiger partial charge in [-0.2, -0.15) is 14.5 Å². The van der Waals surface area contributed by atoms with Crippen molar-refractivity contribution < 1.29 is 4.79 Å². The average molecular weight is 374 g/mol. The molecule has 1 unspecified atom stereocenters. The van der Waals surface area contributed by atoms with Gasteiger partial charge in [0, 0.05) is 43.8 Å². The number of nitrogens with zero attached hydrogens (tertiary/aromatic N) is 5. The highest BCUT2D eigenvalue weighted by Crippen LogP contribution is 2.30. The molecule has 0 aromatic carbocycles. The van der Waals surface area contributed by atoms with E-state index in [0.29, 0.717) is 23.4 Å². The summed E-state index contributed by atoms with van der Waals surface area (Å²) in [7, 11) is 1.91. The molecule has 1 saturated heterocycles.